The van der Waals surface area contributed by atoms with Crippen LogP contribution in [0.15, 0.2) is 60.8 Å². The maximum Gasteiger partial charge on any atom is 0.416 e. The molecule has 0 aliphatic rings. The lowest BCUT2D eigenvalue weighted by molar-refractivity contribution is -0.137. The number of halogens is 3. The predicted octanol–water partition coefficient (Wildman–Crippen LogP) is 6.05. The maximum atomic E-state index is 12.9. The normalized spacial score (nSPS) is 11.0. The van der Waals surface area contributed by atoms with Gasteiger partial charge in [-0.15, -0.1) is 0 Å². The fourth-order valence-corrected chi connectivity index (χ4v) is 2.63. The Bertz CT molecular complexity index is 1110. The predicted molar refractivity (Wildman–Crippen MR) is 110 cm³/mol. The first-order valence-corrected chi connectivity index (χ1v) is 9.12. The molecule has 0 fully saturated rings. The molecule has 31 heavy (non-hydrogen) atoms. The molecule has 0 bridgehead atoms. The van der Waals surface area contributed by atoms with Crippen molar-refractivity contribution >= 4 is 23.2 Å². The van der Waals surface area contributed by atoms with Gasteiger partial charge in [-0.25, -0.2) is 4.79 Å². The van der Waals surface area contributed by atoms with Gasteiger partial charge in [-0.05, 0) is 55.0 Å². The lowest BCUT2D eigenvalue weighted by Gasteiger charge is -2.13. The highest BCUT2D eigenvalue weighted by molar-refractivity contribution is 6.00. The second kappa shape index (κ2) is 8.86. The monoisotopic (exact) mass is 429 g/mol. The number of hydrogen-bond donors (Lipinski definition) is 2. The van der Waals surface area contributed by atoms with Crippen LogP contribution < -0.4 is 15.4 Å². The van der Waals surface area contributed by atoms with E-state index in [2.05, 4.69) is 15.6 Å². The molecular formula is C22H18F3N3O3. The van der Waals surface area contributed by atoms with Crippen molar-refractivity contribution in [2.45, 2.75) is 20.0 Å². The summed E-state index contributed by atoms with van der Waals surface area (Å²) in [6, 6.07) is 11.9. The van der Waals surface area contributed by atoms with Gasteiger partial charge in [0.1, 0.15) is 17.2 Å². The minimum absolute atomic E-state index is 0.0613. The van der Waals surface area contributed by atoms with Crippen molar-refractivity contribution in [1.29, 1.82) is 0 Å². The van der Waals surface area contributed by atoms with E-state index in [0.29, 0.717) is 22.7 Å². The van der Waals surface area contributed by atoms with Gasteiger partial charge in [-0.2, -0.15) is 13.2 Å². The van der Waals surface area contributed by atoms with Crippen molar-refractivity contribution < 1.29 is 27.5 Å². The Morgan fingerprint density at radius 1 is 0.935 bits per heavy atom. The topological polar surface area (TPSA) is 80.3 Å². The van der Waals surface area contributed by atoms with Gasteiger partial charge in [0.15, 0.2) is 5.78 Å². The molecule has 2 aromatic carbocycles. The van der Waals surface area contributed by atoms with Crippen LogP contribution in [-0.2, 0) is 6.18 Å². The number of Topliss-reactive ketones (excluding diaryl/α,β-unsaturated/α-hetero) is 1. The van der Waals surface area contributed by atoms with Gasteiger partial charge in [0, 0.05) is 30.6 Å². The van der Waals surface area contributed by atoms with Crippen LogP contribution >= 0.6 is 0 Å². The molecule has 0 aliphatic heterocycles. The fraction of sp³-hybridized carbons (Fsp3) is 0.136. The highest BCUT2D eigenvalue weighted by Crippen LogP contribution is 2.32. The van der Waals surface area contributed by atoms with Gasteiger partial charge in [0.25, 0.3) is 0 Å². The summed E-state index contributed by atoms with van der Waals surface area (Å²) in [6.07, 6.45) is -3.04. The standard InChI is InChI=1S/C22H18F3N3O3/c1-13-3-4-15(22(23,24)25)11-19(13)28-21(30)27-16-5-7-17(8-6-16)31-18-9-10-26-20(12-18)14(2)29/h3-12H,1-2H3,(H2,27,28,30). The zero-order chi connectivity index (χ0) is 22.6. The van der Waals surface area contributed by atoms with Gasteiger partial charge in [0.05, 0.1) is 5.56 Å². The summed E-state index contributed by atoms with van der Waals surface area (Å²) < 4.78 is 44.3. The van der Waals surface area contributed by atoms with Crippen molar-refractivity contribution in [1.82, 2.24) is 4.98 Å². The Labute approximate surface area is 176 Å². The van der Waals surface area contributed by atoms with Crippen molar-refractivity contribution in [3.05, 3.63) is 77.6 Å². The Kier molecular flexibility index (Phi) is 6.24. The molecule has 2 N–H and O–H groups in total. The molecular weight excluding hydrogens is 411 g/mol. The number of nitrogens with zero attached hydrogens (tertiary/aromatic N) is 1. The Morgan fingerprint density at radius 3 is 2.29 bits per heavy atom. The van der Waals surface area contributed by atoms with Crippen LogP contribution in [0.1, 0.15) is 28.5 Å². The van der Waals surface area contributed by atoms with E-state index in [-0.39, 0.29) is 17.2 Å². The van der Waals surface area contributed by atoms with Crippen LogP contribution in [0.4, 0.5) is 29.3 Å². The number of carbonyl (C=O) groups is 2. The van der Waals surface area contributed by atoms with Crippen LogP contribution in [0.25, 0.3) is 0 Å². The van der Waals surface area contributed by atoms with Gasteiger partial charge in [-0.3, -0.25) is 9.78 Å². The second-order valence-electron chi connectivity index (χ2n) is 6.67. The van der Waals surface area contributed by atoms with E-state index < -0.39 is 17.8 Å². The molecule has 1 heterocycles. The zero-order valence-electron chi connectivity index (χ0n) is 16.6. The number of alkyl halides is 3. The number of amides is 2. The summed E-state index contributed by atoms with van der Waals surface area (Å²) in [7, 11) is 0. The molecule has 0 saturated heterocycles. The average Bonchev–Trinajstić information content (AvgIpc) is 2.70. The number of hydrogen-bond acceptors (Lipinski definition) is 4. The van der Waals surface area contributed by atoms with Crippen LogP contribution in [-0.4, -0.2) is 16.8 Å². The third-order valence-electron chi connectivity index (χ3n) is 4.25. The van der Waals surface area contributed by atoms with E-state index in [0.717, 1.165) is 12.1 Å². The largest absolute Gasteiger partial charge is 0.457 e. The van der Waals surface area contributed by atoms with Crippen molar-refractivity contribution in [2.24, 2.45) is 0 Å². The van der Waals surface area contributed by atoms with Gasteiger partial charge in [0.2, 0.25) is 0 Å². The number of aryl methyl sites for hydroxylation is 1. The van der Waals surface area contributed by atoms with Gasteiger partial charge in [-0.1, -0.05) is 6.07 Å². The van der Waals surface area contributed by atoms with E-state index in [1.165, 1.54) is 25.3 Å². The van der Waals surface area contributed by atoms with Crippen LogP contribution in [0.2, 0.25) is 0 Å². The Balaban J connectivity index is 1.64. The minimum Gasteiger partial charge on any atom is -0.457 e. The molecule has 3 aromatic rings. The molecule has 1 aromatic heterocycles. The van der Waals surface area contributed by atoms with Gasteiger partial charge < -0.3 is 15.4 Å². The number of nitrogens with one attached hydrogen (secondary N) is 2. The quantitative estimate of drug-likeness (QED) is 0.484. The molecule has 0 radical (unpaired) electrons. The number of rotatable bonds is 5. The lowest BCUT2D eigenvalue weighted by Crippen LogP contribution is -2.20. The minimum atomic E-state index is -4.50. The lowest BCUT2D eigenvalue weighted by atomic mass is 10.1. The smallest absolute Gasteiger partial charge is 0.416 e. The third-order valence-corrected chi connectivity index (χ3v) is 4.25. The molecule has 0 unspecified atom stereocenters. The second-order valence-corrected chi connectivity index (χ2v) is 6.67. The van der Waals surface area contributed by atoms with Crippen LogP contribution in [0, 0.1) is 6.92 Å². The Hall–Kier alpha value is -3.88. The van der Waals surface area contributed by atoms with Crippen molar-refractivity contribution in [3.63, 3.8) is 0 Å². The first kappa shape index (κ1) is 21.8. The van der Waals surface area contributed by atoms with E-state index in [4.69, 9.17) is 4.74 Å². The van der Waals surface area contributed by atoms with E-state index in [9.17, 15) is 22.8 Å². The summed E-state index contributed by atoms with van der Waals surface area (Å²) in [6.45, 7) is 3.00. The number of urea groups is 1. The van der Waals surface area contributed by atoms with E-state index in [1.807, 2.05) is 0 Å². The molecule has 3 rings (SSSR count). The molecule has 9 heteroatoms. The molecule has 160 valence electrons. The van der Waals surface area contributed by atoms with Gasteiger partial charge >= 0.3 is 12.2 Å². The maximum absolute atomic E-state index is 12.9. The number of ether oxygens (including phenoxy) is 1. The zero-order valence-corrected chi connectivity index (χ0v) is 16.6. The SMILES string of the molecule is CC(=O)c1cc(Oc2ccc(NC(=O)Nc3cc(C(F)(F)F)ccc3C)cc2)ccn1. The summed E-state index contributed by atoms with van der Waals surface area (Å²) >= 11 is 0. The number of carbonyl (C=O) groups excluding carboxylic acids is 2. The third kappa shape index (κ3) is 5.81. The summed E-state index contributed by atoms with van der Waals surface area (Å²) in [5.41, 5.74) is 0.394. The Morgan fingerprint density at radius 2 is 1.65 bits per heavy atom. The summed E-state index contributed by atoms with van der Waals surface area (Å²) in [5, 5.41) is 4.97. The number of pyridine rings is 1. The molecule has 2 amide bonds. The van der Waals surface area contributed by atoms with Crippen molar-refractivity contribution in [2.75, 3.05) is 10.6 Å². The van der Waals surface area contributed by atoms with Crippen LogP contribution in [0.5, 0.6) is 11.5 Å². The summed E-state index contributed by atoms with van der Waals surface area (Å²) in [4.78, 5) is 27.5. The van der Waals surface area contributed by atoms with E-state index >= 15 is 0 Å². The number of ketones is 1. The first-order valence-electron chi connectivity index (χ1n) is 9.12. The van der Waals surface area contributed by atoms with E-state index in [1.54, 1.807) is 37.3 Å². The number of aromatic nitrogens is 1. The fourth-order valence-electron chi connectivity index (χ4n) is 2.63. The molecule has 0 aliphatic carbocycles. The summed E-state index contributed by atoms with van der Waals surface area (Å²) in [5.74, 6) is 0.700. The highest BCUT2D eigenvalue weighted by Gasteiger charge is 2.30. The van der Waals surface area contributed by atoms with Crippen LogP contribution in [0.3, 0.4) is 0 Å². The van der Waals surface area contributed by atoms with Crippen molar-refractivity contribution in [3.8, 4) is 11.5 Å². The average molecular weight is 429 g/mol. The first-order chi connectivity index (χ1) is 14.6. The molecule has 0 saturated carbocycles. The molecule has 0 atom stereocenters. The number of anilines is 2. The number of benzene rings is 2. The molecule has 0 spiro atoms. The highest BCUT2D eigenvalue weighted by atomic mass is 19.4. The molecule has 6 nitrogen and oxygen atoms in total.